The number of fused-ring (bicyclic) bond motifs is 5. The van der Waals surface area contributed by atoms with Crippen molar-refractivity contribution in [1.82, 2.24) is 0 Å². The van der Waals surface area contributed by atoms with E-state index in [9.17, 15) is 4.79 Å². The fraction of sp³-hybridized carbons (Fsp3) is 0.609. The summed E-state index contributed by atoms with van der Waals surface area (Å²) in [6.07, 6.45) is 9.02. The number of aryl methyl sites for hydroxylation is 1. The largest absolute Gasteiger partial charge is 0.490 e. The van der Waals surface area contributed by atoms with Crippen LogP contribution in [0.15, 0.2) is 18.2 Å². The Balaban J connectivity index is 1.47. The molecule has 3 nitrogen and oxygen atoms in total. The van der Waals surface area contributed by atoms with Gasteiger partial charge in [-0.2, -0.15) is 0 Å². The van der Waals surface area contributed by atoms with Gasteiger partial charge in [-0.05, 0) is 73.1 Å². The van der Waals surface area contributed by atoms with Gasteiger partial charge in [0.15, 0.2) is 0 Å². The first-order valence-electron chi connectivity index (χ1n) is 9.96. The second-order valence-electron chi connectivity index (χ2n) is 8.24. The van der Waals surface area contributed by atoms with E-state index in [4.69, 9.17) is 9.47 Å². The van der Waals surface area contributed by atoms with E-state index >= 15 is 0 Å². The lowest BCUT2D eigenvalue weighted by Gasteiger charge is -2.48. The smallest absolute Gasteiger partial charge is 0.139 e. The number of rotatable bonds is 4. The minimum atomic E-state index is -0.0386. The molecule has 3 aliphatic carbocycles. The molecule has 0 amide bonds. The Morgan fingerprint density at radius 2 is 2.08 bits per heavy atom. The number of Topliss-reactive ketones (excluding diaryl/α,β-unsaturated/α-hetero) is 1. The zero-order chi connectivity index (χ0) is 18.1. The molecule has 0 saturated heterocycles. The second-order valence-corrected chi connectivity index (χ2v) is 8.24. The van der Waals surface area contributed by atoms with Crippen molar-refractivity contribution in [1.29, 1.82) is 0 Å². The van der Waals surface area contributed by atoms with Crippen LogP contribution in [0.25, 0.3) is 0 Å². The van der Waals surface area contributed by atoms with Crippen molar-refractivity contribution in [2.45, 2.75) is 58.3 Å². The van der Waals surface area contributed by atoms with Gasteiger partial charge >= 0.3 is 0 Å². The molecule has 1 aromatic rings. The predicted octanol–water partition coefficient (Wildman–Crippen LogP) is 4.49. The highest BCUT2D eigenvalue weighted by atomic mass is 16.5. The molecule has 0 N–H and O–H groups in total. The molecule has 3 unspecified atom stereocenters. The van der Waals surface area contributed by atoms with E-state index in [-0.39, 0.29) is 5.41 Å². The molecule has 26 heavy (non-hydrogen) atoms. The number of hydrogen-bond donors (Lipinski definition) is 0. The Morgan fingerprint density at radius 1 is 1.19 bits per heavy atom. The van der Waals surface area contributed by atoms with Gasteiger partial charge in [-0.3, -0.25) is 4.79 Å². The maximum absolute atomic E-state index is 12.4. The topological polar surface area (TPSA) is 35.5 Å². The molecule has 0 bridgehead atoms. The normalized spacial score (nSPS) is 31.9. The molecule has 4 rings (SSSR count). The van der Waals surface area contributed by atoms with E-state index in [1.807, 2.05) is 0 Å². The first kappa shape index (κ1) is 17.5. The fourth-order valence-electron chi connectivity index (χ4n) is 5.74. The fourth-order valence-corrected chi connectivity index (χ4v) is 5.74. The maximum atomic E-state index is 12.4. The molecular formula is C23H28O3. The summed E-state index contributed by atoms with van der Waals surface area (Å²) < 4.78 is 10.9. The molecule has 4 atom stereocenters. The zero-order valence-corrected chi connectivity index (χ0v) is 15.8. The molecule has 0 aromatic heterocycles. The second kappa shape index (κ2) is 6.99. The summed E-state index contributed by atoms with van der Waals surface area (Å²) >= 11 is 0. The van der Waals surface area contributed by atoms with Crippen molar-refractivity contribution in [3.63, 3.8) is 0 Å². The van der Waals surface area contributed by atoms with Gasteiger partial charge in [-0.1, -0.05) is 18.9 Å². The lowest BCUT2D eigenvalue weighted by Crippen LogP contribution is -2.42. The highest BCUT2D eigenvalue weighted by Crippen LogP contribution is 2.59. The van der Waals surface area contributed by atoms with Crippen molar-refractivity contribution >= 4 is 5.78 Å². The first-order chi connectivity index (χ1) is 12.6. The Labute approximate surface area is 156 Å². The average molecular weight is 352 g/mol. The maximum Gasteiger partial charge on any atom is 0.139 e. The third-order valence-electron chi connectivity index (χ3n) is 7.04. The van der Waals surface area contributed by atoms with Crippen molar-refractivity contribution < 1.29 is 14.3 Å². The van der Waals surface area contributed by atoms with E-state index in [1.165, 1.54) is 17.5 Å². The zero-order valence-electron chi connectivity index (χ0n) is 15.8. The summed E-state index contributed by atoms with van der Waals surface area (Å²) in [4.78, 5) is 12.4. The van der Waals surface area contributed by atoms with Crippen LogP contribution < -0.4 is 4.74 Å². The molecule has 0 radical (unpaired) electrons. The molecule has 0 spiro atoms. The Morgan fingerprint density at radius 3 is 2.92 bits per heavy atom. The number of carbonyl (C=O) groups excluding carboxylic acids is 1. The van der Waals surface area contributed by atoms with Gasteiger partial charge in [-0.15, -0.1) is 0 Å². The number of benzene rings is 1. The van der Waals surface area contributed by atoms with Crippen LogP contribution >= 0.6 is 0 Å². The van der Waals surface area contributed by atoms with E-state index in [0.717, 1.165) is 37.9 Å². The molecular weight excluding hydrogens is 324 g/mol. The third-order valence-corrected chi connectivity index (χ3v) is 7.04. The lowest BCUT2D eigenvalue weighted by atomic mass is 9.55. The molecule has 0 aliphatic heterocycles. The van der Waals surface area contributed by atoms with Crippen molar-refractivity contribution in [3.8, 4) is 17.8 Å². The molecule has 0 heterocycles. The minimum absolute atomic E-state index is 0.0386. The standard InChI is InChI=1S/C23H28O3/c1-3-12-25-13-14-26-17-5-7-18-16(15-17)4-6-20-19(18)10-11-23(2)21(20)8-9-22(23)24/h5,7,15,19-21H,4,6,8-11,13-14H2,1-2H3/t19?,20?,21?,23-/m0/s1. The lowest BCUT2D eigenvalue weighted by molar-refractivity contribution is -0.129. The molecule has 1 aromatic carbocycles. The van der Waals surface area contributed by atoms with Crippen molar-refractivity contribution in [2.24, 2.45) is 17.3 Å². The Hall–Kier alpha value is -1.95. The van der Waals surface area contributed by atoms with Gasteiger partial charge in [0, 0.05) is 18.8 Å². The molecule has 3 aliphatic rings. The highest BCUT2D eigenvalue weighted by molar-refractivity contribution is 5.87. The number of ether oxygens (including phenoxy) is 2. The summed E-state index contributed by atoms with van der Waals surface area (Å²) in [6.45, 7) is 4.99. The van der Waals surface area contributed by atoms with E-state index in [0.29, 0.717) is 36.8 Å². The molecule has 138 valence electrons. The van der Waals surface area contributed by atoms with Crippen LogP contribution in [0.3, 0.4) is 0 Å². The number of carbonyl (C=O) groups is 1. The summed E-state index contributed by atoms with van der Waals surface area (Å²) in [5.41, 5.74) is 2.90. The van der Waals surface area contributed by atoms with E-state index < -0.39 is 0 Å². The van der Waals surface area contributed by atoms with Crippen molar-refractivity contribution in [2.75, 3.05) is 13.2 Å². The van der Waals surface area contributed by atoms with E-state index in [2.05, 4.69) is 37.1 Å². The summed E-state index contributed by atoms with van der Waals surface area (Å²) in [5, 5.41) is 0. The molecule has 2 fully saturated rings. The van der Waals surface area contributed by atoms with Gasteiger partial charge in [0.1, 0.15) is 30.9 Å². The monoisotopic (exact) mass is 352 g/mol. The quantitative estimate of drug-likeness (QED) is 0.592. The summed E-state index contributed by atoms with van der Waals surface area (Å²) in [5.74, 6) is 6.05. The predicted molar refractivity (Wildman–Crippen MR) is 101 cm³/mol. The van der Waals surface area contributed by atoms with Crippen LogP contribution in [0.5, 0.6) is 5.75 Å². The van der Waals surface area contributed by atoms with Crippen LogP contribution in [-0.2, 0) is 16.0 Å². The Bertz CT molecular complexity index is 756. The highest BCUT2D eigenvalue weighted by Gasteiger charge is 2.54. The van der Waals surface area contributed by atoms with Gasteiger partial charge < -0.3 is 9.47 Å². The van der Waals surface area contributed by atoms with Crippen LogP contribution in [0.4, 0.5) is 0 Å². The SMILES string of the molecule is CC#COCCOc1ccc2c(c1)CCC1C2CC[C@]2(C)C(=O)CCC12. The summed E-state index contributed by atoms with van der Waals surface area (Å²) in [6, 6.07) is 6.58. The average Bonchev–Trinajstić information content (AvgIpc) is 2.96. The van der Waals surface area contributed by atoms with Gasteiger partial charge in [0.05, 0.1) is 0 Å². The third kappa shape index (κ3) is 2.90. The van der Waals surface area contributed by atoms with E-state index in [1.54, 1.807) is 6.92 Å². The minimum Gasteiger partial charge on any atom is -0.490 e. The van der Waals surface area contributed by atoms with Crippen molar-refractivity contribution in [3.05, 3.63) is 29.3 Å². The number of ketones is 1. The first-order valence-corrected chi connectivity index (χ1v) is 9.96. The number of hydrogen-bond acceptors (Lipinski definition) is 3. The van der Waals surface area contributed by atoms with Gasteiger partial charge in [0.2, 0.25) is 0 Å². The molecule has 2 saturated carbocycles. The van der Waals surface area contributed by atoms with Crippen LogP contribution in [-0.4, -0.2) is 19.0 Å². The van der Waals surface area contributed by atoms with Crippen LogP contribution in [0.2, 0.25) is 0 Å². The van der Waals surface area contributed by atoms with Gasteiger partial charge in [-0.25, -0.2) is 0 Å². The Kier molecular flexibility index (Phi) is 4.69. The van der Waals surface area contributed by atoms with Gasteiger partial charge in [0.25, 0.3) is 0 Å². The summed E-state index contributed by atoms with van der Waals surface area (Å²) in [7, 11) is 0. The molecule has 3 heteroatoms. The van der Waals surface area contributed by atoms with Crippen LogP contribution in [0.1, 0.15) is 63.0 Å². The van der Waals surface area contributed by atoms with Crippen LogP contribution in [0, 0.1) is 29.3 Å².